The predicted molar refractivity (Wildman–Crippen MR) is 51.3 cm³/mol. The Morgan fingerprint density at radius 1 is 1.55 bits per heavy atom. The van der Waals surface area contributed by atoms with Crippen molar-refractivity contribution >= 4 is 19.4 Å². The van der Waals surface area contributed by atoms with Crippen molar-refractivity contribution in [3.63, 3.8) is 0 Å². The Labute approximate surface area is 69.4 Å². The zero-order valence-electron chi connectivity index (χ0n) is 6.80. The quantitative estimate of drug-likeness (QED) is 0.551. The second-order valence-corrected chi connectivity index (χ2v) is 2.52. The van der Waals surface area contributed by atoms with Gasteiger partial charge in [0.25, 0.3) is 0 Å². The molecular weight excluding hydrogens is 131 g/mol. The summed E-state index contributed by atoms with van der Waals surface area (Å²) in [4.78, 5) is 0. The third-order valence-corrected chi connectivity index (χ3v) is 1.78. The molecule has 0 bridgehead atoms. The fraction of sp³-hybridized carbons (Fsp3) is 0.200. The molecular formula is C10H11B. The molecule has 1 rings (SSSR count). The molecule has 0 heterocycles. The van der Waals surface area contributed by atoms with Crippen molar-refractivity contribution < 1.29 is 0 Å². The van der Waals surface area contributed by atoms with Gasteiger partial charge < -0.3 is 0 Å². The lowest BCUT2D eigenvalue weighted by atomic mass is 9.88. The zero-order valence-corrected chi connectivity index (χ0v) is 6.80. The van der Waals surface area contributed by atoms with Crippen molar-refractivity contribution in [3.05, 3.63) is 35.9 Å². The van der Waals surface area contributed by atoms with Crippen LogP contribution in [0.3, 0.4) is 0 Å². The summed E-state index contributed by atoms with van der Waals surface area (Å²) in [5, 5.41) is 0. The highest BCUT2D eigenvalue weighted by molar-refractivity contribution is 6.33. The van der Waals surface area contributed by atoms with Crippen molar-refractivity contribution in [2.24, 2.45) is 0 Å². The Bertz CT molecular complexity index is 264. The van der Waals surface area contributed by atoms with Gasteiger partial charge in [0, 0.05) is 0 Å². The van der Waals surface area contributed by atoms with E-state index in [0.29, 0.717) is 0 Å². The predicted octanol–water partition coefficient (Wildman–Crippen LogP) is 1.69. The molecule has 0 spiro atoms. The lowest BCUT2D eigenvalue weighted by molar-refractivity contribution is 1.15. The first-order chi connectivity index (χ1) is 5.27. The maximum Gasteiger partial charge on any atom is 0.114 e. The lowest BCUT2D eigenvalue weighted by Gasteiger charge is -2.03. The summed E-state index contributed by atoms with van der Waals surface area (Å²) in [6.07, 6.45) is 2.81. The van der Waals surface area contributed by atoms with Crippen LogP contribution in [-0.2, 0) is 6.42 Å². The van der Waals surface area contributed by atoms with Crippen molar-refractivity contribution in [1.29, 1.82) is 0 Å². The van der Waals surface area contributed by atoms with Crippen LogP contribution in [0.1, 0.15) is 18.1 Å². The van der Waals surface area contributed by atoms with E-state index in [9.17, 15) is 0 Å². The standard InChI is InChI=1S/C10H11B/c1-3-8-5-6-10(11)9(4-2)7-8/h3,5-7H,1,4H2,2H3. The van der Waals surface area contributed by atoms with Gasteiger partial charge in [0.05, 0.1) is 0 Å². The van der Waals surface area contributed by atoms with Crippen LogP contribution in [0.2, 0.25) is 0 Å². The van der Waals surface area contributed by atoms with Crippen molar-refractivity contribution in [3.8, 4) is 0 Å². The second kappa shape index (κ2) is 3.43. The number of hydrogen-bond donors (Lipinski definition) is 0. The van der Waals surface area contributed by atoms with Gasteiger partial charge in [-0.25, -0.2) is 0 Å². The summed E-state index contributed by atoms with van der Waals surface area (Å²) in [6, 6.07) is 5.97. The molecule has 0 nitrogen and oxygen atoms in total. The van der Waals surface area contributed by atoms with Crippen LogP contribution in [0.25, 0.3) is 6.08 Å². The van der Waals surface area contributed by atoms with E-state index in [1.165, 1.54) is 5.56 Å². The van der Waals surface area contributed by atoms with Gasteiger partial charge in [0.1, 0.15) is 7.85 Å². The van der Waals surface area contributed by atoms with Crippen LogP contribution in [0.15, 0.2) is 24.8 Å². The first-order valence-corrected chi connectivity index (χ1v) is 3.78. The highest BCUT2D eigenvalue weighted by Gasteiger charge is 1.94. The minimum absolute atomic E-state index is 0.873. The number of rotatable bonds is 2. The lowest BCUT2D eigenvalue weighted by Crippen LogP contribution is -2.08. The molecule has 0 N–H and O–H groups in total. The Balaban J connectivity index is 3.12. The molecule has 0 aromatic heterocycles. The zero-order chi connectivity index (χ0) is 8.27. The van der Waals surface area contributed by atoms with Gasteiger partial charge in [-0.05, 0) is 12.0 Å². The SMILES string of the molecule is [B]c1ccc(C=C)cc1CC. The van der Waals surface area contributed by atoms with Crippen molar-refractivity contribution in [2.75, 3.05) is 0 Å². The summed E-state index contributed by atoms with van der Waals surface area (Å²) in [7, 11) is 5.72. The second-order valence-electron chi connectivity index (χ2n) is 2.52. The van der Waals surface area contributed by atoms with Gasteiger partial charge in [-0.2, -0.15) is 0 Å². The van der Waals surface area contributed by atoms with Crippen LogP contribution in [0.4, 0.5) is 0 Å². The molecule has 0 saturated heterocycles. The third kappa shape index (κ3) is 1.73. The molecule has 0 atom stereocenters. The third-order valence-electron chi connectivity index (χ3n) is 1.78. The van der Waals surface area contributed by atoms with E-state index in [2.05, 4.69) is 19.6 Å². The average Bonchev–Trinajstić information content (AvgIpc) is 2.05. The van der Waals surface area contributed by atoms with Gasteiger partial charge >= 0.3 is 0 Å². The monoisotopic (exact) mass is 142 g/mol. The van der Waals surface area contributed by atoms with E-state index in [0.717, 1.165) is 17.4 Å². The number of benzene rings is 1. The van der Waals surface area contributed by atoms with E-state index in [4.69, 9.17) is 7.85 Å². The van der Waals surface area contributed by atoms with E-state index in [-0.39, 0.29) is 0 Å². The Morgan fingerprint density at radius 3 is 2.82 bits per heavy atom. The highest BCUT2D eigenvalue weighted by atomic mass is 14.0. The molecule has 1 heteroatoms. The van der Waals surface area contributed by atoms with Crippen molar-refractivity contribution in [2.45, 2.75) is 13.3 Å². The van der Waals surface area contributed by atoms with Gasteiger partial charge in [0.2, 0.25) is 0 Å². The molecule has 0 aliphatic rings. The van der Waals surface area contributed by atoms with Crippen LogP contribution >= 0.6 is 0 Å². The fourth-order valence-corrected chi connectivity index (χ4v) is 1.06. The van der Waals surface area contributed by atoms with Gasteiger partial charge in [-0.3, -0.25) is 0 Å². The van der Waals surface area contributed by atoms with E-state index < -0.39 is 0 Å². The maximum absolute atomic E-state index is 5.72. The van der Waals surface area contributed by atoms with Gasteiger partial charge in [0.15, 0.2) is 0 Å². The molecule has 0 aliphatic carbocycles. The van der Waals surface area contributed by atoms with Crippen LogP contribution in [0.5, 0.6) is 0 Å². The summed E-state index contributed by atoms with van der Waals surface area (Å²) >= 11 is 0. The minimum Gasteiger partial charge on any atom is -0.0985 e. The average molecular weight is 142 g/mol. The summed E-state index contributed by atoms with van der Waals surface area (Å²) < 4.78 is 0. The normalized spacial score (nSPS) is 9.55. The molecule has 0 fully saturated rings. The first kappa shape index (κ1) is 8.12. The van der Waals surface area contributed by atoms with Gasteiger partial charge in [-0.1, -0.05) is 48.8 Å². The maximum atomic E-state index is 5.72. The number of aryl methyl sites for hydroxylation is 1. The Morgan fingerprint density at radius 2 is 2.27 bits per heavy atom. The van der Waals surface area contributed by atoms with E-state index in [1.807, 2.05) is 18.2 Å². The largest absolute Gasteiger partial charge is 0.114 e. The van der Waals surface area contributed by atoms with Crippen LogP contribution < -0.4 is 5.46 Å². The molecule has 2 radical (unpaired) electrons. The highest BCUT2D eigenvalue weighted by Crippen LogP contribution is 2.03. The Hall–Kier alpha value is -0.975. The smallest absolute Gasteiger partial charge is 0.0985 e. The van der Waals surface area contributed by atoms with Crippen LogP contribution in [-0.4, -0.2) is 7.85 Å². The van der Waals surface area contributed by atoms with Gasteiger partial charge in [-0.15, -0.1) is 0 Å². The van der Waals surface area contributed by atoms with E-state index >= 15 is 0 Å². The molecule has 0 saturated carbocycles. The first-order valence-electron chi connectivity index (χ1n) is 3.78. The topological polar surface area (TPSA) is 0 Å². The number of hydrogen-bond acceptors (Lipinski definition) is 0. The molecule has 0 unspecified atom stereocenters. The molecule has 1 aromatic carbocycles. The summed E-state index contributed by atoms with van der Waals surface area (Å²) in [5.74, 6) is 0. The molecule has 0 amide bonds. The van der Waals surface area contributed by atoms with E-state index in [1.54, 1.807) is 0 Å². The summed E-state index contributed by atoms with van der Waals surface area (Å²) in [6.45, 7) is 5.79. The minimum atomic E-state index is 0.873. The Kier molecular flexibility index (Phi) is 2.53. The molecule has 11 heavy (non-hydrogen) atoms. The van der Waals surface area contributed by atoms with Crippen molar-refractivity contribution in [1.82, 2.24) is 0 Å². The van der Waals surface area contributed by atoms with Crippen LogP contribution in [0, 0.1) is 0 Å². The summed E-state index contributed by atoms with van der Waals surface area (Å²) in [5.41, 5.74) is 3.21. The molecule has 1 aromatic rings. The molecule has 54 valence electrons. The fourth-order valence-electron chi connectivity index (χ4n) is 1.06. The molecule has 0 aliphatic heterocycles.